The first-order valence-electron chi connectivity index (χ1n) is 10.5. The number of methoxy groups -OCH3 is 2. The summed E-state index contributed by atoms with van der Waals surface area (Å²) in [6.45, 7) is 3.77. The Bertz CT molecular complexity index is 1150. The van der Waals surface area contributed by atoms with Crippen LogP contribution in [0.25, 0.3) is 22.4 Å². The highest BCUT2D eigenvalue weighted by molar-refractivity contribution is 5.75. The number of aromatic nitrogens is 3. The summed E-state index contributed by atoms with van der Waals surface area (Å²) in [4.78, 5) is 4.46. The van der Waals surface area contributed by atoms with Gasteiger partial charge in [-0.1, -0.05) is 31.2 Å². The quantitative estimate of drug-likeness (QED) is 0.347. The van der Waals surface area contributed by atoms with Gasteiger partial charge < -0.3 is 20.1 Å². The zero-order valence-corrected chi connectivity index (χ0v) is 18.5. The van der Waals surface area contributed by atoms with Crippen molar-refractivity contribution in [3.05, 3.63) is 72.6 Å². The maximum atomic E-state index is 5.53. The second kappa shape index (κ2) is 9.98. The Morgan fingerprint density at radius 3 is 2.41 bits per heavy atom. The lowest BCUT2D eigenvalue weighted by atomic mass is 10.0. The number of hydrogen-bond donors (Lipinski definition) is 3. The predicted molar refractivity (Wildman–Crippen MR) is 127 cm³/mol. The summed E-state index contributed by atoms with van der Waals surface area (Å²) >= 11 is 0. The van der Waals surface area contributed by atoms with E-state index in [0.717, 1.165) is 64.2 Å². The number of rotatable bonds is 9. The topological polar surface area (TPSA) is 84.1 Å². The fourth-order valence-electron chi connectivity index (χ4n) is 3.40. The molecule has 7 nitrogen and oxygen atoms in total. The summed E-state index contributed by atoms with van der Waals surface area (Å²) in [5.74, 6) is 2.28. The molecular weight excluding hydrogens is 402 g/mol. The van der Waals surface area contributed by atoms with Gasteiger partial charge in [0, 0.05) is 24.2 Å². The van der Waals surface area contributed by atoms with Crippen LogP contribution in [0.15, 0.2) is 66.9 Å². The molecule has 0 atom stereocenters. The van der Waals surface area contributed by atoms with Crippen LogP contribution in [0, 0.1) is 0 Å². The minimum Gasteiger partial charge on any atom is -0.497 e. The molecule has 2 heterocycles. The summed E-state index contributed by atoms with van der Waals surface area (Å²) < 4.78 is 10.8. The minimum atomic E-state index is 0.738. The number of ether oxygens (including phenoxy) is 2. The van der Waals surface area contributed by atoms with Crippen LogP contribution in [0.3, 0.4) is 0 Å². The Morgan fingerprint density at radius 2 is 1.72 bits per heavy atom. The molecular formula is C25H27N5O2. The molecule has 32 heavy (non-hydrogen) atoms. The van der Waals surface area contributed by atoms with Crippen LogP contribution in [0.1, 0.15) is 12.6 Å². The van der Waals surface area contributed by atoms with E-state index in [1.165, 1.54) is 0 Å². The van der Waals surface area contributed by atoms with Crippen molar-refractivity contribution in [2.75, 3.05) is 26.1 Å². The third kappa shape index (κ3) is 4.90. The first kappa shape index (κ1) is 21.4. The lowest BCUT2D eigenvalue weighted by Gasteiger charge is -2.11. The summed E-state index contributed by atoms with van der Waals surface area (Å²) in [6.07, 6.45) is 1.82. The zero-order valence-electron chi connectivity index (χ0n) is 18.5. The van der Waals surface area contributed by atoms with Gasteiger partial charge in [0.2, 0.25) is 0 Å². The highest BCUT2D eigenvalue weighted by atomic mass is 16.5. The maximum absolute atomic E-state index is 5.53. The highest BCUT2D eigenvalue weighted by Gasteiger charge is 2.09. The van der Waals surface area contributed by atoms with Gasteiger partial charge in [0.05, 0.1) is 37.5 Å². The van der Waals surface area contributed by atoms with Gasteiger partial charge in [-0.05, 0) is 41.9 Å². The van der Waals surface area contributed by atoms with Crippen molar-refractivity contribution in [1.29, 1.82) is 0 Å². The van der Waals surface area contributed by atoms with Crippen LogP contribution >= 0.6 is 0 Å². The lowest BCUT2D eigenvalue weighted by molar-refractivity contribution is 0.395. The van der Waals surface area contributed by atoms with E-state index in [2.05, 4.69) is 57.0 Å². The summed E-state index contributed by atoms with van der Waals surface area (Å²) in [5, 5.41) is 14.0. The van der Waals surface area contributed by atoms with Crippen molar-refractivity contribution >= 4 is 11.5 Å². The monoisotopic (exact) mass is 429 g/mol. The van der Waals surface area contributed by atoms with E-state index in [1.807, 2.05) is 42.6 Å². The second-order valence-electron chi connectivity index (χ2n) is 7.25. The van der Waals surface area contributed by atoms with Crippen LogP contribution in [0.4, 0.5) is 11.5 Å². The summed E-state index contributed by atoms with van der Waals surface area (Å²) in [7, 11) is 3.31. The van der Waals surface area contributed by atoms with Crippen molar-refractivity contribution in [1.82, 2.24) is 20.5 Å². The molecule has 0 bridgehead atoms. The Balaban J connectivity index is 1.47. The number of benzene rings is 2. The van der Waals surface area contributed by atoms with E-state index in [9.17, 15) is 0 Å². The van der Waals surface area contributed by atoms with Crippen LogP contribution < -0.4 is 20.1 Å². The van der Waals surface area contributed by atoms with Gasteiger partial charge in [-0.3, -0.25) is 10.1 Å². The van der Waals surface area contributed by atoms with Gasteiger partial charge in [-0.25, -0.2) is 0 Å². The molecule has 0 unspecified atom stereocenters. The normalized spacial score (nSPS) is 10.7. The number of nitrogens with zero attached hydrogens (tertiary/aromatic N) is 2. The van der Waals surface area contributed by atoms with Crippen LogP contribution in [0.2, 0.25) is 0 Å². The Kier molecular flexibility index (Phi) is 6.67. The molecule has 4 rings (SSSR count). The fraction of sp³-hybridized carbons (Fsp3) is 0.200. The molecule has 4 aromatic rings. The number of H-pyrrole nitrogens is 1. The predicted octanol–water partition coefficient (Wildman–Crippen LogP) is 5.01. The second-order valence-corrected chi connectivity index (χ2v) is 7.25. The Labute approximate surface area is 187 Å². The molecule has 7 heteroatoms. The molecule has 0 saturated carbocycles. The molecule has 0 aliphatic carbocycles. The highest BCUT2D eigenvalue weighted by Crippen LogP contribution is 2.34. The molecule has 164 valence electrons. The smallest absolute Gasteiger partial charge is 0.152 e. The molecule has 0 spiro atoms. The maximum Gasteiger partial charge on any atom is 0.152 e. The van der Waals surface area contributed by atoms with Gasteiger partial charge in [0.15, 0.2) is 5.82 Å². The van der Waals surface area contributed by atoms with E-state index in [0.29, 0.717) is 0 Å². The largest absolute Gasteiger partial charge is 0.497 e. The number of pyridine rings is 1. The zero-order chi connectivity index (χ0) is 22.3. The van der Waals surface area contributed by atoms with E-state index in [1.54, 1.807) is 14.2 Å². The van der Waals surface area contributed by atoms with Gasteiger partial charge in [-0.2, -0.15) is 5.10 Å². The Hall–Kier alpha value is -3.84. The molecule has 0 aliphatic rings. The Morgan fingerprint density at radius 1 is 0.906 bits per heavy atom. The number of nitrogens with one attached hydrogen (secondary N) is 3. The average molecular weight is 430 g/mol. The molecule has 0 fully saturated rings. The van der Waals surface area contributed by atoms with Crippen LogP contribution in [-0.4, -0.2) is 35.9 Å². The average Bonchev–Trinajstić information content (AvgIpc) is 3.31. The number of aromatic amines is 1. The standard InChI is InChI=1S/C25H27N5O2/c1-4-26-15-19-9-10-20(16-27-19)28-25-14-23(29-30-25)18-7-5-17(6-8-18)22-12-11-21(31-2)13-24(22)32-3/h5-14,16,26H,4,15H2,1-3H3,(H2,28,29,30). The van der Waals surface area contributed by atoms with E-state index in [4.69, 9.17) is 9.47 Å². The molecule has 3 N–H and O–H groups in total. The molecule has 0 saturated heterocycles. The van der Waals surface area contributed by atoms with E-state index in [-0.39, 0.29) is 0 Å². The van der Waals surface area contributed by atoms with Crippen molar-refractivity contribution in [3.63, 3.8) is 0 Å². The third-order valence-electron chi connectivity index (χ3n) is 5.15. The van der Waals surface area contributed by atoms with E-state index < -0.39 is 0 Å². The van der Waals surface area contributed by atoms with Crippen molar-refractivity contribution in [3.8, 4) is 33.9 Å². The van der Waals surface area contributed by atoms with Crippen molar-refractivity contribution in [2.24, 2.45) is 0 Å². The minimum absolute atomic E-state index is 0.738. The molecule has 0 aliphatic heterocycles. The number of hydrogen-bond acceptors (Lipinski definition) is 6. The summed E-state index contributed by atoms with van der Waals surface area (Å²) in [5.41, 5.74) is 5.95. The first-order chi connectivity index (χ1) is 15.7. The lowest BCUT2D eigenvalue weighted by Crippen LogP contribution is -2.12. The van der Waals surface area contributed by atoms with Gasteiger partial charge in [0.1, 0.15) is 11.5 Å². The van der Waals surface area contributed by atoms with Crippen LogP contribution in [-0.2, 0) is 6.54 Å². The molecule has 2 aromatic carbocycles. The van der Waals surface area contributed by atoms with E-state index >= 15 is 0 Å². The molecule has 2 aromatic heterocycles. The van der Waals surface area contributed by atoms with Crippen molar-refractivity contribution in [2.45, 2.75) is 13.5 Å². The van der Waals surface area contributed by atoms with Gasteiger partial charge >= 0.3 is 0 Å². The fourth-order valence-corrected chi connectivity index (χ4v) is 3.40. The van der Waals surface area contributed by atoms with Gasteiger partial charge in [-0.15, -0.1) is 0 Å². The summed E-state index contributed by atoms with van der Waals surface area (Å²) in [6, 6.07) is 20.1. The SMILES string of the molecule is CCNCc1ccc(Nc2cc(-c3ccc(-c4ccc(OC)cc4OC)cc3)[nH]n2)cn1. The van der Waals surface area contributed by atoms with Gasteiger partial charge in [0.25, 0.3) is 0 Å². The van der Waals surface area contributed by atoms with Crippen LogP contribution in [0.5, 0.6) is 11.5 Å². The molecule has 0 amide bonds. The first-order valence-corrected chi connectivity index (χ1v) is 10.5. The molecule has 0 radical (unpaired) electrons. The third-order valence-corrected chi connectivity index (χ3v) is 5.15. The van der Waals surface area contributed by atoms with Crippen molar-refractivity contribution < 1.29 is 9.47 Å². The number of anilines is 2.